The fraction of sp³-hybridized carbons (Fsp3) is 0.529. The van der Waals surface area contributed by atoms with Crippen LogP contribution in [0, 0.1) is 5.92 Å². The van der Waals surface area contributed by atoms with Crippen LogP contribution in [0.2, 0.25) is 0 Å². The summed E-state index contributed by atoms with van der Waals surface area (Å²) in [5.74, 6) is 1.66. The largest absolute Gasteiger partial charge is 0.480 e. The summed E-state index contributed by atoms with van der Waals surface area (Å²) in [6.45, 7) is 4.10. The molecule has 2 saturated heterocycles. The first-order chi connectivity index (χ1) is 19.6. The Hall–Kier alpha value is -2.96. The highest BCUT2D eigenvalue weighted by molar-refractivity contribution is 5.74. The second-order valence-corrected chi connectivity index (χ2v) is 12.0. The van der Waals surface area contributed by atoms with Gasteiger partial charge in [-0.05, 0) is 81.7 Å². The molecule has 1 N–H and O–H groups in total. The van der Waals surface area contributed by atoms with Gasteiger partial charge in [-0.1, -0.05) is 79.9 Å². The smallest absolute Gasteiger partial charge is 0.321 e. The molecule has 40 heavy (non-hydrogen) atoms. The van der Waals surface area contributed by atoms with Crippen LogP contribution in [0.5, 0.6) is 0 Å². The fourth-order valence-electron chi connectivity index (χ4n) is 6.79. The summed E-state index contributed by atoms with van der Waals surface area (Å²) < 4.78 is 5.68. The number of hydrogen-bond donors (Lipinski definition) is 1. The van der Waals surface area contributed by atoms with Crippen molar-refractivity contribution in [2.24, 2.45) is 5.92 Å². The van der Waals surface area contributed by atoms with Gasteiger partial charge in [0.2, 0.25) is 0 Å². The van der Waals surface area contributed by atoms with Crippen molar-refractivity contribution in [3.05, 3.63) is 89.6 Å². The maximum Gasteiger partial charge on any atom is 0.321 e. The zero-order valence-corrected chi connectivity index (χ0v) is 24.0. The van der Waals surface area contributed by atoms with Crippen molar-refractivity contribution >= 4 is 5.97 Å². The minimum absolute atomic E-state index is 0.265. The first-order valence-corrected chi connectivity index (χ1v) is 15.3. The van der Waals surface area contributed by atoms with Gasteiger partial charge in [0.15, 0.2) is 5.89 Å². The van der Waals surface area contributed by atoms with E-state index in [1.807, 2.05) is 18.4 Å². The number of hydrogen-bond acceptors (Lipinski definition) is 5. The number of benzene rings is 2. The number of likely N-dealkylation sites (tertiary alicyclic amines) is 2. The van der Waals surface area contributed by atoms with E-state index in [4.69, 9.17) is 4.42 Å². The number of carbonyl (C=O) groups is 1. The summed E-state index contributed by atoms with van der Waals surface area (Å²) in [5.41, 5.74) is 3.68. The van der Waals surface area contributed by atoms with Crippen molar-refractivity contribution in [2.75, 3.05) is 33.2 Å². The van der Waals surface area contributed by atoms with Crippen molar-refractivity contribution in [2.45, 2.75) is 75.7 Å². The fourth-order valence-corrected chi connectivity index (χ4v) is 6.79. The van der Waals surface area contributed by atoms with Crippen LogP contribution in [0.15, 0.2) is 71.3 Å². The molecule has 6 nitrogen and oxygen atoms in total. The Labute approximate surface area is 239 Å². The summed E-state index contributed by atoms with van der Waals surface area (Å²) in [4.78, 5) is 21.1. The van der Waals surface area contributed by atoms with Gasteiger partial charge in [-0.15, -0.1) is 0 Å². The minimum atomic E-state index is -0.615. The number of aliphatic carboxylic acids is 1. The van der Waals surface area contributed by atoms with Crippen LogP contribution in [0.25, 0.3) is 0 Å². The summed E-state index contributed by atoms with van der Waals surface area (Å²) in [7, 11) is 2.17. The van der Waals surface area contributed by atoms with Crippen molar-refractivity contribution in [3.8, 4) is 0 Å². The van der Waals surface area contributed by atoms with Gasteiger partial charge in [-0.25, -0.2) is 4.98 Å². The Morgan fingerprint density at radius 2 is 1.55 bits per heavy atom. The minimum Gasteiger partial charge on any atom is -0.480 e. The molecule has 3 aromatic rings. The molecule has 0 amide bonds. The molecule has 0 unspecified atom stereocenters. The monoisotopic (exact) mass is 543 g/mol. The third kappa shape index (κ3) is 7.61. The lowest BCUT2D eigenvalue weighted by molar-refractivity contribution is -0.145. The Morgan fingerprint density at radius 3 is 2.23 bits per heavy atom. The number of carboxylic acid groups (broad SMARTS) is 1. The van der Waals surface area contributed by atoms with E-state index in [-0.39, 0.29) is 6.04 Å². The van der Waals surface area contributed by atoms with E-state index < -0.39 is 5.97 Å². The van der Waals surface area contributed by atoms with Crippen molar-refractivity contribution in [1.29, 1.82) is 0 Å². The van der Waals surface area contributed by atoms with E-state index in [1.165, 1.54) is 30.4 Å². The van der Waals surface area contributed by atoms with Crippen molar-refractivity contribution in [3.63, 3.8) is 0 Å². The van der Waals surface area contributed by atoms with Crippen LogP contribution in [0.4, 0.5) is 0 Å². The molecular formula is C34H45N3O3. The molecule has 0 spiro atoms. The first kappa shape index (κ1) is 28.6. The summed E-state index contributed by atoms with van der Waals surface area (Å²) in [6.07, 6.45) is 11.9. The normalized spacial score (nSPS) is 22.0. The Kier molecular flexibility index (Phi) is 10.1. The van der Waals surface area contributed by atoms with Crippen LogP contribution in [0.3, 0.4) is 0 Å². The second-order valence-electron chi connectivity index (χ2n) is 12.0. The van der Waals surface area contributed by atoms with Gasteiger partial charge in [-0.3, -0.25) is 9.69 Å². The van der Waals surface area contributed by atoms with E-state index in [2.05, 4.69) is 70.4 Å². The average molecular weight is 544 g/mol. The SMILES string of the molecule is CN1CCC(c2nc(Cc3ccccc3)co2)CC1.O=C(O)[C@@H](C1CCCCC1)N1CC[C@@H](c2ccccc2)C1. The molecular weight excluding hydrogens is 498 g/mol. The van der Waals surface area contributed by atoms with Crippen LogP contribution in [-0.2, 0) is 11.2 Å². The molecule has 1 aromatic heterocycles. The highest BCUT2D eigenvalue weighted by Crippen LogP contribution is 2.34. The molecule has 2 aliphatic heterocycles. The molecule has 1 aliphatic carbocycles. The van der Waals surface area contributed by atoms with E-state index in [0.717, 1.165) is 76.3 Å². The second kappa shape index (κ2) is 14.1. The predicted molar refractivity (Wildman–Crippen MR) is 159 cm³/mol. The maximum atomic E-state index is 11.8. The quantitative estimate of drug-likeness (QED) is 0.363. The molecule has 6 heteroatoms. The van der Waals surface area contributed by atoms with Gasteiger partial charge in [0.05, 0.1) is 5.69 Å². The lowest BCUT2D eigenvalue weighted by Crippen LogP contribution is -2.45. The van der Waals surface area contributed by atoms with E-state index in [1.54, 1.807) is 0 Å². The topological polar surface area (TPSA) is 69.8 Å². The zero-order chi connectivity index (χ0) is 27.7. The van der Waals surface area contributed by atoms with Crippen LogP contribution < -0.4 is 0 Å². The van der Waals surface area contributed by atoms with E-state index in [0.29, 0.717) is 17.8 Å². The molecule has 3 heterocycles. The number of nitrogens with zero attached hydrogens (tertiary/aromatic N) is 3. The Balaban J connectivity index is 0.000000162. The molecule has 3 fully saturated rings. The van der Waals surface area contributed by atoms with Gasteiger partial charge in [-0.2, -0.15) is 0 Å². The molecule has 214 valence electrons. The third-order valence-corrected chi connectivity index (χ3v) is 9.10. The first-order valence-electron chi connectivity index (χ1n) is 15.3. The molecule has 1 saturated carbocycles. The van der Waals surface area contributed by atoms with E-state index >= 15 is 0 Å². The lowest BCUT2D eigenvalue weighted by Gasteiger charge is -2.33. The van der Waals surface area contributed by atoms with E-state index in [9.17, 15) is 9.90 Å². The summed E-state index contributed by atoms with van der Waals surface area (Å²) in [6, 6.07) is 20.7. The third-order valence-electron chi connectivity index (χ3n) is 9.10. The van der Waals surface area contributed by atoms with Gasteiger partial charge in [0.25, 0.3) is 0 Å². The zero-order valence-electron chi connectivity index (χ0n) is 24.0. The number of carboxylic acids is 1. The number of aromatic nitrogens is 1. The molecule has 0 bridgehead atoms. The molecule has 6 rings (SSSR count). The Morgan fingerprint density at radius 1 is 0.900 bits per heavy atom. The van der Waals surface area contributed by atoms with Crippen LogP contribution >= 0.6 is 0 Å². The van der Waals surface area contributed by atoms with Crippen LogP contribution in [0.1, 0.15) is 85.9 Å². The van der Waals surface area contributed by atoms with Gasteiger partial charge in [0.1, 0.15) is 12.3 Å². The average Bonchev–Trinajstić information content (AvgIpc) is 3.66. The predicted octanol–water partition coefficient (Wildman–Crippen LogP) is 6.58. The van der Waals surface area contributed by atoms with Gasteiger partial charge < -0.3 is 14.4 Å². The highest BCUT2D eigenvalue weighted by Gasteiger charge is 2.38. The highest BCUT2D eigenvalue weighted by atomic mass is 16.4. The van der Waals surface area contributed by atoms with Crippen molar-refractivity contribution < 1.29 is 14.3 Å². The molecule has 2 aromatic carbocycles. The molecule has 0 radical (unpaired) electrons. The number of piperidine rings is 1. The molecule has 2 atom stereocenters. The lowest BCUT2D eigenvalue weighted by atomic mass is 9.83. The maximum absolute atomic E-state index is 11.8. The summed E-state index contributed by atoms with van der Waals surface area (Å²) >= 11 is 0. The Bertz CT molecular complexity index is 1170. The molecule has 3 aliphatic rings. The standard InChI is InChI=1S/C18H25NO2.C16H20N2O/c20-18(21)17(15-9-5-2-6-10-15)19-12-11-16(13-19)14-7-3-1-4-8-14;1-18-9-7-14(8-10-18)16-17-15(12-19-16)11-13-5-3-2-4-6-13/h1,3-4,7-8,15-17H,2,5-6,9-13H2,(H,20,21);2-6,12,14H,7-11H2,1H3/t16-,17-;/m1./s1. The van der Waals surface area contributed by atoms with Crippen molar-refractivity contribution in [1.82, 2.24) is 14.8 Å². The van der Waals surface area contributed by atoms with Gasteiger partial charge >= 0.3 is 5.97 Å². The van der Waals surface area contributed by atoms with Gasteiger partial charge in [0, 0.05) is 18.9 Å². The van der Waals surface area contributed by atoms with Crippen LogP contribution in [-0.4, -0.2) is 65.1 Å². The number of rotatable bonds is 7. The summed E-state index contributed by atoms with van der Waals surface area (Å²) in [5, 5.41) is 9.70. The number of oxazole rings is 1.